The van der Waals surface area contributed by atoms with Crippen LogP contribution in [0.1, 0.15) is 0 Å². The van der Waals surface area contributed by atoms with Crippen LogP contribution in [0.2, 0.25) is 0 Å². The van der Waals surface area contributed by atoms with E-state index in [4.69, 9.17) is 0 Å². The molecule has 0 saturated carbocycles. The highest BCUT2D eigenvalue weighted by atomic mass is 32.2. The van der Waals surface area contributed by atoms with E-state index in [1.165, 1.54) is 5.12 Å². The number of benzene rings is 1. The third kappa shape index (κ3) is 3.22. The monoisotopic (exact) mass is 316 g/mol. The average Bonchev–Trinajstić information content (AvgIpc) is 2.55. The summed E-state index contributed by atoms with van der Waals surface area (Å²) in [4.78, 5) is 9.02. The Kier molecular flexibility index (Phi) is 4.29. The Labute approximate surface area is 130 Å². The average molecular weight is 316 g/mol. The maximum absolute atomic E-state index is 11.2. The number of hydrazine groups is 1. The van der Waals surface area contributed by atoms with Crippen LogP contribution in [0, 0.1) is 0 Å². The van der Waals surface area contributed by atoms with Gasteiger partial charge in [0.2, 0.25) is 0 Å². The topological polar surface area (TPSA) is 82.5 Å². The summed E-state index contributed by atoms with van der Waals surface area (Å²) in [6.07, 6.45) is 6.87. The van der Waals surface area contributed by atoms with Crippen molar-refractivity contribution in [3.05, 3.63) is 36.5 Å². The van der Waals surface area contributed by atoms with E-state index >= 15 is 0 Å². The number of hydrazone groups is 1. The lowest BCUT2D eigenvalue weighted by Gasteiger charge is -2.19. The van der Waals surface area contributed by atoms with Crippen molar-refractivity contribution in [1.82, 2.24) is 15.4 Å². The van der Waals surface area contributed by atoms with Gasteiger partial charge in [0, 0.05) is 40.9 Å². The van der Waals surface area contributed by atoms with Crippen LogP contribution in [0.25, 0.3) is 10.9 Å². The molecule has 0 bridgehead atoms. The normalized spacial score (nSPS) is 14.9. The van der Waals surface area contributed by atoms with E-state index in [2.05, 4.69) is 25.8 Å². The van der Waals surface area contributed by atoms with E-state index in [0.717, 1.165) is 10.9 Å². The van der Waals surface area contributed by atoms with Crippen molar-refractivity contribution in [3.63, 3.8) is 0 Å². The lowest BCUT2D eigenvalue weighted by Crippen LogP contribution is -2.32. The maximum Gasteiger partial charge on any atom is 0.268 e. The summed E-state index contributed by atoms with van der Waals surface area (Å²) < 4.78 is 11.2. The molecule has 8 heteroatoms. The minimum absolute atomic E-state index is 0.444. The van der Waals surface area contributed by atoms with Crippen molar-refractivity contribution in [2.75, 3.05) is 29.0 Å². The number of para-hydroxylation sites is 1. The summed E-state index contributed by atoms with van der Waals surface area (Å²) >= 11 is 0. The molecule has 0 aliphatic carbocycles. The van der Waals surface area contributed by atoms with Crippen LogP contribution in [0.3, 0.4) is 0 Å². The van der Waals surface area contributed by atoms with E-state index in [0.29, 0.717) is 24.1 Å². The van der Waals surface area contributed by atoms with Gasteiger partial charge in [0.1, 0.15) is 5.82 Å². The summed E-state index contributed by atoms with van der Waals surface area (Å²) in [5.74, 6) is 1.72. The van der Waals surface area contributed by atoms with E-state index in [9.17, 15) is 4.21 Å². The molecule has 114 valence electrons. The number of anilines is 2. The fourth-order valence-corrected chi connectivity index (χ4v) is 2.40. The fraction of sp³-hybridized carbons (Fsp3) is 0.214. The van der Waals surface area contributed by atoms with Crippen molar-refractivity contribution >= 4 is 39.7 Å². The molecule has 0 radical (unpaired) electrons. The maximum atomic E-state index is 11.2. The Hall–Kier alpha value is -2.48. The molecule has 3 rings (SSSR count). The first-order valence-electron chi connectivity index (χ1n) is 6.80. The zero-order valence-electron chi connectivity index (χ0n) is 12.1. The second kappa shape index (κ2) is 6.52. The molecule has 1 unspecified atom stereocenters. The van der Waals surface area contributed by atoms with Gasteiger partial charge < -0.3 is 5.32 Å². The highest BCUT2D eigenvalue weighted by molar-refractivity contribution is 7.84. The van der Waals surface area contributed by atoms with Gasteiger partial charge in [-0.2, -0.15) is 10.1 Å². The van der Waals surface area contributed by atoms with E-state index in [1.807, 2.05) is 24.3 Å². The molecule has 2 aromatic rings. The quantitative estimate of drug-likeness (QED) is 0.864. The van der Waals surface area contributed by atoms with Gasteiger partial charge >= 0.3 is 0 Å². The van der Waals surface area contributed by atoms with Crippen LogP contribution in [0.5, 0.6) is 0 Å². The smallest absolute Gasteiger partial charge is 0.268 e. The van der Waals surface area contributed by atoms with Crippen LogP contribution >= 0.6 is 0 Å². The summed E-state index contributed by atoms with van der Waals surface area (Å²) in [5.41, 5.74) is 3.77. The van der Waals surface area contributed by atoms with Gasteiger partial charge in [-0.3, -0.25) is 9.63 Å². The predicted molar refractivity (Wildman–Crippen MR) is 90.2 cm³/mol. The molecular weight excluding hydrogens is 300 g/mol. The molecular formula is C14H16N6OS. The van der Waals surface area contributed by atoms with Crippen molar-refractivity contribution in [2.24, 2.45) is 5.10 Å². The molecule has 2 N–H and O–H groups in total. The number of hydrogen-bond acceptors (Lipinski definition) is 7. The highest BCUT2D eigenvalue weighted by Crippen LogP contribution is 2.23. The molecule has 0 spiro atoms. The van der Waals surface area contributed by atoms with Crippen LogP contribution in [0.4, 0.5) is 11.8 Å². The third-order valence-corrected chi connectivity index (χ3v) is 3.80. The molecule has 0 fully saturated rings. The summed E-state index contributed by atoms with van der Waals surface area (Å²) in [5, 5.41) is 9.81. The molecule has 0 saturated heterocycles. The molecule has 1 aliphatic rings. The lowest BCUT2D eigenvalue weighted by atomic mass is 10.2. The molecule has 0 amide bonds. The first-order chi connectivity index (χ1) is 10.7. The van der Waals surface area contributed by atoms with Gasteiger partial charge in [-0.1, -0.05) is 12.1 Å². The van der Waals surface area contributed by atoms with Gasteiger partial charge in [-0.15, -0.1) is 5.12 Å². The zero-order chi connectivity index (χ0) is 15.4. The number of rotatable bonds is 5. The van der Waals surface area contributed by atoms with Crippen LogP contribution in [-0.4, -0.2) is 38.9 Å². The second-order valence-corrected chi connectivity index (χ2v) is 6.21. The minimum Gasteiger partial charge on any atom is -0.368 e. The first-order valence-corrected chi connectivity index (χ1v) is 8.53. The van der Waals surface area contributed by atoms with E-state index in [-0.39, 0.29) is 0 Å². The summed E-state index contributed by atoms with van der Waals surface area (Å²) in [6, 6.07) is 7.75. The standard InChI is InChI=1S/C14H16N6OS/c1-22(21)10-9-15-13-11-5-2-3-6-12(11)18-14(19-13)20-16-7-4-8-17-20/h2-8,16H,9-10H2,1H3,(H,15,18,19). The second-order valence-electron chi connectivity index (χ2n) is 4.66. The van der Waals surface area contributed by atoms with Gasteiger partial charge in [-0.25, -0.2) is 4.98 Å². The number of nitrogens with zero attached hydrogens (tertiary/aromatic N) is 4. The molecule has 7 nitrogen and oxygen atoms in total. The van der Waals surface area contributed by atoms with Crippen LogP contribution < -0.4 is 15.9 Å². The van der Waals surface area contributed by atoms with Crippen molar-refractivity contribution in [3.8, 4) is 0 Å². The predicted octanol–water partition coefficient (Wildman–Crippen LogP) is 1.24. The molecule has 1 atom stereocenters. The fourth-order valence-electron chi connectivity index (χ4n) is 2.01. The molecule has 1 aromatic carbocycles. The van der Waals surface area contributed by atoms with Crippen LogP contribution in [-0.2, 0) is 10.8 Å². The molecule has 1 aliphatic heterocycles. The third-order valence-electron chi connectivity index (χ3n) is 3.02. The number of hydrogen-bond donors (Lipinski definition) is 2. The minimum atomic E-state index is -0.844. The first kappa shape index (κ1) is 14.5. The Balaban J connectivity index is 1.95. The van der Waals surface area contributed by atoms with E-state index < -0.39 is 10.8 Å². The Morgan fingerprint density at radius 2 is 2.18 bits per heavy atom. The summed E-state index contributed by atoms with van der Waals surface area (Å²) in [6.45, 7) is 0.583. The SMILES string of the molecule is CS(=O)CCNc1nc(N2N=CC=CN2)nc2ccccc12. The zero-order valence-corrected chi connectivity index (χ0v) is 12.9. The van der Waals surface area contributed by atoms with Gasteiger partial charge in [0.05, 0.1) is 11.7 Å². The highest BCUT2D eigenvalue weighted by Gasteiger charge is 2.13. The molecule has 1 aromatic heterocycles. The Bertz CT molecular complexity index is 760. The number of nitrogens with one attached hydrogen (secondary N) is 2. The van der Waals surface area contributed by atoms with Crippen molar-refractivity contribution < 1.29 is 4.21 Å². The van der Waals surface area contributed by atoms with Crippen LogP contribution in [0.15, 0.2) is 41.6 Å². The molecule has 2 heterocycles. The van der Waals surface area contributed by atoms with Crippen molar-refractivity contribution in [1.29, 1.82) is 0 Å². The number of aromatic nitrogens is 2. The Morgan fingerprint density at radius 3 is 2.95 bits per heavy atom. The van der Waals surface area contributed by atoms with E-state index in [1.54, 1.807) is 24.7 Å². The lowest BCUT2D eigenvalue weighted by molar-refractivity contribution is 0.687. The number of fused-ring (bicyclic) bond motifs is 1. The summed E-state index contributed by atoms with van der Waals surface area (Å²) in [7, 11) is -0.844. The Morgan fingerprint density at radius 1 is 1.32 bits per heavy atom. The van der Waals surface area contributed by atoms with Gasteiger partial charge in [-0.05, 0) is 18.2 Å². The van der Waals surface area contributed by atoms with Crippen molar-refractivity contribution in [2.45, 2.75) is 0 Å². The largest absolute Gasteiger partial charge is 0.368 e. The van der Waals surface area contributed by atoms with Gasteiger partial charge in [0.25, 0.3) is 5.95 Å². The molecule has 22 heavy (non-hydrogen) atoms. The number of allylic oxidation sites excluding steroid dienone is 1. The van der Waals surface area contributed by atoms with Gasteiger partial charge in [0.15, 0.2) is 0 Å².